The van der Waals surface area contributed by atoms with Crippen LogP contribution in [-0.4, -0.2) is 22.0 Å². The number of nitrogens with one attached hydrogen (secondary N) is 1. The predicted molar refractivity (Wildman–Crippen MR) is 120 cm³/mol. The van der Waals surface area contributed by atoms with Crippen molar-refractivity contribution < 1.29 is 15.0 Å². The van der Waals surface area contributed by atoms with Crippen molar-refractivity contribution in [3.8, 4) is 5.75 Å². The first-order chi connectivity index (χ1) is 13.8. The Hall–Kier alpha value is -1.25. The largest absolute Gasteiger partial charge is 0.508 e. The number of rotatable bonds is 6. The highest BCUT2D eigenvalue weighted by Gasteiger charge is 2.32. The van der Waals surface area contributed by atoms with Gasteiger partial charge in [0.15, 0.2) is 5.78 Å². The number of aliphatic hydroxyl groups is 1. The quantitative estimate of drug-likeness (QED) is 0.412. The molecule has 1 saturated carbocycles. The van der Waals surface area contributed by atoms with Crippen molar-refractivity contribution in [2.75, 3.05) is 0 Å². The molecule has 0 saturated heterocycles. The van der Waals surface area contributed by atoms with E-state index in [2.05, 4.69) is 37.2 Å². The van der Waals surface area contributed by atoms with Gasteiger partial charge in [0.1, 0.15) is 11.9 Å². The number of benzene rings is 2. The maximum atomic E-state index is 12.8. The Bertz CT molecular complexity index is 862. The molecule has 1 fully saturated rings. The zero-order valence-corrected chi connectivity index (χ0v) is 19.4. The molecule has 0 bridgehead atoms. The minimum atomic E-state index is -1.20. The van der Waals surface area contributed by atoms with Gasteiger partial charge in [-0.2, -0.15) is 0 Å². The first-order valence-corrected chi connectivity index (χ1v) is 11.3. The van der Waals surface area contributed by atoms with Crippen LogP contribution in [-0.2, 0) is 4.79 Å². The summed E-state index contributed by atoms with van der Waals surface area (Å²) in [7, 11) is 0. The lowest BCUT2D eigenvalue weighted by molar-refractivity contribution is -0.132. The van der Waals surface area contributed by atoms with Crippen molar-refractivity contribution in [2.24, 2.45) is 11.7 Å². The fourth-order valence-corrected chi connectivity index (χ4v) is 5.29. The van der Waals surface area contributed by atoms with Crippen LogP contribution in [0.1, 0.15) is 54.6 Å². The number of hydrogen-bond donors (Lipinski definition) is 4. The molecule has 1 aliphatic carbocycles. The number of phenolic OH excluding ortho intramolecular Hbond substituents is 1. The van der Waals surface area contributed by atoms with Crippen LogP contribution in [0.15, 0.2) is 45.3 Å². The van der Waals surface area contributed by atoms with Crippen LogP contribution in [0.25, 0.3) is 0 Å². The smallest absolute Gasteiger partial charge is 0.168 e. The summed E-state index contributed by atoms with van der Waals surface area (Å²) in [5.41, 5.74) is 8.35. The molecule has 2 aromatic rings. The minimum absolute atomic E-state index is 0.0930. The van der Waals surface area contributed by atoms with Gasteiger partial charge in [-0.1, -0.05) is 44.0 Å². The van der Waals surface area contributed by atoms with Gasteiger partial charge in [-0.05, 0) is 73.6 Å². The molecule has 0 aromatic heterocycles. The van der Waals surface area contributed by atoms with E-state index in [1.807, 2.05) is 18.2 Å². The maximum Gasteiger partial charge on any atom is 0.168 e. The molecule has 0 spiro atoms. The second-order valence-corrected chi connectivity index (χ2v) is 9.52. The molecule has 0 radical (unpaired) electrons. The Kier molecular flexibility index (Phi) is 7.51. The Balaban J connectivity index is 1.57. The number of Topliss-reactive ketones (excluding diaryl/α,β-unsaturated/α-hetero) is 1. The van der Waals surface area contributed by atoms with E-state index in [1.165, 1.54) is 0 Å². The topological polar surface area (TPSA) is 95.6 Å². The van der Waals surface area contributed by atoms with Gasteiger partial charge in [0.25, 0.3) is 0 Å². The molecule has 2 aromatic carbocycles. The highest BCUT2D eigenvalue weighted by atomic mass is 79.9. The highest BCUT2D eigenvalue weighted by Crippen LogP contribution is 2.33. The van der Waals surface area contributed by atoms with E-state index in [1.54, 1.807) is 25.1 Å². The molecule has 0 amide bonds. The van der Waals surface area contributed by atoms with Crippen molar-refractivity contribution in [2.45, 2.75) is 50.9 Å². The lowest BCUT2D eigenvalue weighted by Crippen LogP contribution is -2.41. The van der Waals surface area contributed by atoms with Gasteiger partial charge >= 0.3 is 0 Å². The molecule has 2 unspecified atom stereocenters. The van der Waals surface area contributed by atoms with E-state index >= 15 is 0 Å². The molecule has 29 heavy (non-hydrogen) atoms. The number of halogens is 2. The van der Waals surface area contributed by atoms with Crippen molar-refractivity contribution in [1.82, 2.24) is 5.32 Å². The summed E-state index contributed by atoms with van der Waals surface area (Å²) in [4.78, 5) is 12.8. The summed E-state index contributed by atoms with van der Waals surface area (Å²) in [6.07, 6.45) is 1.58. The average Bonchev–Trinajstić information content (AvgIpc) is 2.69. The molecule has 5 N–H and O–H groups in total. The monoisotopic (exact) mass is 524 g/mol. The van der Waals surface area contributed by atoms with Crippen LogP contribution in [0, 0.1) is 12.8 Å². The van der Waals surface area contributed by atoms with E-state index < -0.39 is 6.10 Å². The molecular formula is C22H26Br2N2O3. The summed E-state index contributed by atoms with van der Waals surface area (Å²) < 4.78 is 1.93. The van der Waals surface area contributed by atoms with E-state index in [4.69, 9.17) is 5.73 Å². The van der Waals surface area contributed by atoms with Crippen LogP contribution in [0.4, 0.5) is 0 Å². The normalized spacial score (nSPS) is 21.6. The number of carbonyl (C=O) groups is 1. The van der Waals surface area contributed by atoms with Crippen LogP contribution < -0.4 is 11.1 Å². The second kappa shape index (κ2) is 9.71. The van der Waals surface area contributed by atoms with Gasteiger partial charge in [0, 0.05) is 20.9 Å². The van der Waals surface area contributed by atoms with Gasteiger partial charge in [0.2, 0.25) is 0 Å². The summed E-state index contributed by atoms with van der Waals surface area (Å²) >= 11 is 6.96. The van der Waals surface area contributed by atoms with Gasteiger partial charge in [0.05, 0.1) is 6.17 Å². The lowest BCUT2D eigenvalue weighted by Gasteiger charge is -2.31. The van der Waals surface area contributed by atoms with Crippen LogP contribution in [0.5, 0.6) is 5.75 Å². The number of ketones is 1. The molecule has 7 heteroatoms. The van der Waals surface area contributed by atoms with Gasteiger partial charge < -0.3 is 15.9 Å². The Morgan fingerprint density at radius 2 is 1.76 bits per heavy atom. The molecule has 5 nitrogen and oxygen atoms in total. The molecule has 0 heterocycles. The maximum absolute atomic E-state index is 12.8. The van der Waals surface area contributed by atoms with Crippen LogP contribution in [0.3, 0.4) is 0 Å². The Morgan fingerprint density at radius 3 is 2.38 bits per heavy atom. The molecule has 0 aliphatic heterocycles. The summed E-state index contributed by atoms with van der Waals surface area (Å²) in [5.74, 6) is -0.256. The minimum Gasteiger partial charge on any atom is -0.508 e. The zero-order valence-electron chi connectivity index (χ0n) is 16.2. The Labute approximate surface area is 188 Å². The summed E-state index contributed by atoms with van der Waals surface area (Å²) in [6.45, 7) is 1.71. The number of nitrogens with two attached hydrogens (primary N) is 1. The van der Waals surface area contributed by atoms with Crippen LogP contribution in [0.2, 0.25) is 0 Å². The second-order valence-electron chi connectivity index (χ2n) is 7.69. The average molecular weight is 526 g/mol. The molecular weight excluding hydrogens is 500 g/mol. The first-order valence-electron chi connectivity index (χ1n) is 9.74. The number of aliphatic hydroxyl groups excluding tert-OH is 1. The fraction of sp³-hybridized carbons (Fsp3) is 0.409. The lowest BCUT2D eigenvalue weighted by atomic mass is 9.80. The fourth-order valence-electron chi connectivity index (χ4n) is 3.96. The van der Waals surface area contributed by atoms with E-state index in [0.717, 1.165) is 27.4 Å². The number of carbonyl (C=O) groups excluding carboxylic acids is 1. The number of phenols is 1. The first kappa shape index (κ1) is 22.4. The Morgan fingerprint density at radius 1 is 1.14 bits per heavy atom. The van der Waals surface area contributed by atoms with E-state index in [0.29, 0.717) is 24.0 Å². The third-order valence-electron chi connectivity index (χ3n) is 5.70. The van der Waals surface area contributed by atoms with Crippen molar-refractivity contribution >= 4 is 37.6 Å². The SMILES string of the molecule is Cc1c(O)cccc1C(O)C(=O)[C@H]1CC[C@H](NC(N)c2cc(Br)cc(Br)c2)CC1. The summed E-state index contributed by atoms with van der Waals surface area (Å²) in [6, 6.07) is 11.1. The third kappa shape index (κ3) is 5.47. The highest BCUT2D eigenvalue weighted by molar-refractivity contribution is 9.11. The predicted octanol–water partition coefficient (Wildman–Crippen LogP) is 4.63. The van der Waals surface area contributed by atoms with Gasteiger partial charge in [-0.3, -0.25) is 10.1 Å². The van der Waals surface area contributed by atoms with Crippen LogP contribution >= 0.6 is 31.9 Å². The standard InChI is InChI=1S/C22H26Br2N2O3/c1-12-18(3-2-4-19(12)27)21(29)20(28)13-5-7-17(8-6-13)26-22(25)14-9-15(23)11-16(24)10-14/h2-4,9-11,13,17,21-22,26-27,29H,5-8,25H2,1H3/t13-,17-,21?,22?. The van der Waals surface area contributed by atoms with Crippen molar-refractivity contribution in [3.05, 3.63) is 62.0 Å². The molecule has 3 rings (SSSR count). The van der Waals surface area contributed by atoms with Gasteiger partial charge in [-0.25, -0.2) is 0 Å². The number of aromatic hydroxyl groups is 1. The van der Waals surface area contributed by atoms with E-state index in [9.17, 15) is 15.0 Å². The summed E-state index contributed by atoms with van der Waals surface area (Å²) in [5, 5.41) is 23.8. The van der Waals surface area contributed by atoms with Crippen molar-refractivity contribution in [1.29, 1.82) is 0 Å². The molecule has 1 aliphatic rings. The number of hydrogen-bond acceptors (Lipinski definition) is 5. The van der Waals surface area contributed by atoms with Crippen molar-refractivity contribution in [3.63, 3.8) is 0 Å². The molecule has 2 atom stereocenters. The van der Waals surface area contributed by atoms with Gasteiger partial charge in [-0.15, -0.1) is 0 Å². The van der Waals surface area contributed by atoms with E-state index in [-0.39, 0.29) is 29.7 Å². The molecule has 156 valence electrons. The third-order valence-corrected chi connectivity index (χ3v) is 6.62. The zero-order chi connectivity index (χ0) is 21.1.